The van der Waals surface area contributed by atoms with Gasteiger partial charge in [0.1, 0.15) is 6.26 Å². The molecular weight excluding hydrogens is 170 g/mol. The lowest BCUT2D eigenvalue weighted by Crippen LogP contribution is -2.40. The van der Waals surface area contributed by atoms with Crippen LogP contribution in [0.5, 0.6) is 0 Å². The molecule has 1 aromatic rings. The number of amides is 1. The highest BCUT2D eigenvalue weighted by molar-refractivity contribution is 5.91. The molecule has 0 fully saturated rings. The van der Waals surface area contributed by atoms with E-state index in [1.54, 1.807) is 0 Å². The van der Waals surface area contributed by atoms with Gasteiger partial charge in [-0.1, -0.05) is 19.0 Å². The lowest BCUT2D eigenvalue weighted by atomic mass is 10.2. The Morgan fingerprint density at radius 3 is 2.92 bits per heavy atom. The second kappa shape index (κ2) is 4.04. The zero-order valence-electron chi connectivity index (χ0n) is 7.73. The van der Waals surface area contributed by atoms with Crippen LogP contribution in [-0.4, -0.2) is 22.6 Å². The van der Waals surface area contributed by atoms with Crippen LogP contribution in [0.25, 0.3) is 0 Å². The Labute approximate surface area is 76.5 Å². The van der Waals surface area contributed by atoms with Crippen LogP contribution in [0.15, 0.2) is 16.9 Å². The van der Waals surface area contributed by atoms with Crippen molar-refractivity contribution in [3.8, 4) is 0 Å². The lowest BCUT2D eigenvalue weighted by molar-refractivity contribution is 0.0725. The number of rotatable bonds is 3. The second-order valence-corrected chi connectivity index (χ2v) is 3.24. The quantitative estimate of drug-likeness (QED) is 0.424. The molecular formula is C8H13N3O2. The van der Waals surface area contributed by atoms with E-state index in [0.717, 1.165) is 5.01 Å². The molecule has 1 amide bonds. The van der Waals surface area contributed by atoms with Crippen LogP contribution >= 0.6 is 0 Å². The van der Waals surface area contributed by atoms with Gasteiger partial charge in [0.25, 0.3) is 5.91 Å². The summed E-state index contributed by atoms with van der Waals surface area (Å²) in [5, 5.41) is 4.64. The highest BCUT2D eigenvalue weighted by Gasteiger charge is 2.15. The first-order chi connectivity index (χ1) is 6.11. The summed E-state index contributed by atoms with van der Waals surface area (Å²) in [4.78, 5) is 11.4. The summed E-state index contributed by atoms with van der Waals surface area (Å²) >= 11 is 0. The molecule has 0 spiro atoms. The maximum Gasteiger partial charge on any atom is 0.289 e. The van der Waals surface area contributed by atoms with E-state index in [9.17, 15) is 4.79 Å². The van der Waals surface area contributed by atoms with Crippen molar-refractivity contribution in [2.45, 2.75) is 13.8 Å². The SMILES string of the molecule is CC(C)CN(N)C(=O)c1ccon1. The van der Waals surface area contributed by atoms with Crippen molar-refractivity contribution in [3.63, 3.8) is 0 Å². The highest BCUT2D eigenvalue weighted by Crippen LogP contribution is 2.01. The van der Waals surface area contributed by atoms with Gasteiger partial charge >= 0.3 is 0 Å². The van der Waals surface area contributed by atoms with Gasteiger partial charge in [-0.15, -0.1) is 0 Å². The van der Waals surface area contributed by atoms with Gasteiger partial charge in [-0.25, -0.2) is 5.84 Å². The Morgan fingerprint density at radius 1 is 1.77 bits per heavy atom. The molecule has 5 nitrogen and oxygen atoms in total. The number of carbonyl (C=O) groups is 1. The first-order valence-corrected chi connectivity index (χ1v) is 4.08. The third-order valence-electron chi connectivity index (χ3n) is 1.48. The fourth-order valence-corrected chi connectivity index (χ4v) is 0.946. The van der Waals surface area contributed by atoms with Gasteiger partial charge in [0.05, 0.1) is 0 Å². The number of aromatic nitrogens is 1. The number of hydrogen-bond donors (Lipinski definition) is 1. The molecule has 1 aromatic heterocycles. The standard InChI is InChI=1S/C8H13N3O2/c1-6(2)5-11(9)8(12)7-3-4-13-10-7/h3-4,6H,5,9H2,1-2H3. The molecule has 0 aromatic carbocycles. The smallest absolute Gasteiger partial charge is 0.289 e. The molecule has 2 N–H and O–H groups in total. The summed E-state index contributed by atoms with van der Waals surface area (Å²) in [5.74, 6) is 5.53. The Bertz CT molecular complexity index is 269. The molecule has 0 aliphatic rings. The first kappa shape index (κ1) is 9.73. The molecule has 0 bridgehead atoms. The molecule has 13 heavy (non-hydrogen) atoms. The average molecular weight is 183 g/mol. The molecule has 0 saturated carbocycles. The molecule has 1 rings (SSSR count). The van der Waals surface area contributed by atoms with Crippen LogP contribution in [0.3, 0.4) is 0 Å². The summed E-state index contributed by atoms with van der Waals surface area (Å²) in [5.41, 5.74) is 0.239. The van der Waals surface area contributed by atoms with Crippen LogP contribution < -0.4 is 5.84 Å². The molecule has 0 aliphatic heterocycles. The van der Waals surface area contributed by atoms with Crippen molar-refractivity contribution in [3.05, 3.63) is 18.0 Å². The van der Waals surface area contributed by atoms with Crippen molar-refractivity contribution < 1.29 is 9.32 Å². The molecule has 0 radical (unpaired) electrons. The Balaban J connectivity index is 2.58. The van der Waals surface area contributed by atoms with Gasteiger partial charge < -0.3 is 4.52 Å². The number of nitrogens with two attached hydrogens (primary N) is 1. The average Bonchev–Trinajstić information content (AvgIpc) is 2.53. The van der Waals surface area contributed by atoms with Crippen molar-refractivity contribution in [2.75, 3.05) is 6.54 Å². The molecule has 5 heteroatoms. The number of nitrogens with zero attached hydrogens (tertiary/aromatic N) is 2. The van der Waals surface area contributed by atoms with Crippen molar-refractivity contribution in [2.24, 2.45) is 11.8 Å². The highest BCUT2D eigenvalue weighted by atomic mass is 16.5. The zero-order chi connectivity index (χ0) is 9.84. The summed E-state index contributed by atoms with van der Waals surface area (Å²) in [6.07, 6.45) is 1.34. The molecule has 0 unspecified atom stereocenters. The van der Waals surface area contributed by atoms with Crippen LogP contribution in [0, 0.1) is 5.92 Å². The topological polar surface area (TPSA) is 72.4 Å². The van der Waals surface area contributed by atoms with Crippen LogP contribution in [-0.2, 0) is 0 Å². The minimum atomic E-state index is -0.317. The van der Waals surface area contributed by atoms with Gasteiger partial charge in [-0.05, 0) is 5.92 Å². The maximum absolute atomic E-state index is 11.4. The van der Waals surface area contributed by atoms with Crippen molar-refractivity contribution in [1.29, 1.82) is 0 Å². The normalized spacial score (nSPS) is 10.5. The van der Waals surface area contributed by atoms with E-state index < -0.39 is 0 Å². The van der Waals surface area contributed by atoms with E-state index in [1.165, 1.54) is 12.3 Å². The van der Waals surface area contributed by atoms with Gasteiger partial charge in [0.15, 0.2) is 5.69 Å². The number of hydrazine groups is 1. The lowest BCUT2D eigenvalue weighted by Gasteiger charge is -2.16. The molecule has 1 heterocycles. The maximum atomic E-state index is 11.4. The Kier molecular flexibility index (Phi) is 3.02. The minimum absolute atomic E-state index is 0.239. The van der Waals surface area contributed by atoms with E-state index in [2.05, 4.69) is 9.68 Å². The predicted molar refractivity (Wildman–Crippen MR) is 46.6 cm³/mol. The third-order valence-corrected chi connectivity index (χ3v) is 1.48. The number of carbonyl (C=O) groups excluding carboxylic acids is 1. The van der Waals surface area contributed by atoms with Gasteiger partial charge in [-0.3, -0.25) is 9.80 Å². The Morgan fingerprint density at radius 2 is 2.46 bits per heavy atom. The van der Waals surface area contributed by atoms with Gasteiger partial charge in [0, 0.05) is 12.6 Å². The summed E-state index contributed by atoms with van der Waals surface area (Å²) in [6.45, 7) is 4.47. The van der Waals surface area contributed by atoms with Crippen LogP contribution in [0.4, 0.5) is 0 Å². The van der Waals surface area contributed by atoms with E-state index in [0.29, 0.717) is 12.5 Å². The van der Waals surface area contributed by atoms with E-state index in [-0.39, 0.29) is 11.6 Å². The molecule has 0 aliphatic carbocycles. The minimum Gasteiger partial charge on any atom is -0.364 e. The van der Waals surface area contributed by atoms with E-state index >= 15 is 0 Å². The second-order valence-electron chi connectivity index (χ2n) is 3.24. The fraction of sp³-hybridized carbons (Fsp3) is 0.500. The predicted octanol–water partition coefficient (Wildman–Crippen LogP) is 0.646. The Hall–Kier alpha value is -1.36. The van der Waals surface area contributed by atoms with Gasteiger partial charge in [-0.2, -0.15) is 0 Å². The summed E-state index contributed by atoms with van der Waals surface area (Å²) < 4.78 is 4.54. The first-order valence-electron chi connectivity index (χ1n) is 4.08. The third kappa shape index (κ3) is 2.55. The van der Waals surface area contributed by atoms with Crippen LogP contribution in [0.2, 0.25) is 0 Å². The molecule has 0 atom stereocenters. The molecule has 0 saturated heterocycles. The van der Waals surface area contributed by atoms with E-state index in [4.69, 9.17) is 5.84 Å². The van der Waals surface area contributed by atoms with Crippen molar-refractivity contribution in [1.82, 2.24) is 10.2 Å². The largest absolute Gasteiger partial charge is 0.364 e. The molecule has 72 valence electrons. The monoisotopic (exact) mass is 183 g/mol. The summed E-state index contributed by atoms with van der Waals surface area (Å²) in [7, 11) is 0. The zero-order valence-corrected chi connectivity index (χ0v) is 7.73. The summed E-state index contributed by atoms with van der Waals surface area (Å²) in [6, 6.07) is 1.49. The van der Waals surface area contributed by atoms with Crippen LogP contribution in [0.1, 0.15) is 24.3 Å². The van der Waals surface area contributed by atoms with E-state index in [1.807, 2.05) is 13.8 Å². The van der Waals surface area contributed by atoms with Gasteiger partial charge in [0.2, 0.25) is 0 Å². The van der Waals surface area contributed by atoms with Crippen molar-refractivity contribution >= 4 is 5.91 Å². The number of hydrogen-bond acceptors (Lipinski definition) is 4. The fourth-order valence-electron chi connectivity index (χ4n) is 0.946.